The van der Waals surface area contributed by atoms with Gasteiger partial charge in [-0.2, -0.15) is 0 Å². The predicted molar refractivity (Wildman–Crippen MR) is 69.0 cm³/mol. The summed E-state index contributed by atoms with van der Waals surface area (Å²) in [5.41, 5.74) is 6.84. The number of carbonyl (C=O) groups excluding carboxylic acids is 1. The first-order chi connectivity index (χ1) is 9.04. The molecule has 0 radical (unpaired) electrons. The minimum absolute atomic E-state index is 0.0583. The summed E-state index contributed by atoms with van der Waals surface area (Å²) in [7, 11) is 0. The zero-order valence-electron chi connectivity index (χ0n) is 9.93. The number of aromatic hydroxyl groups is 1. The molecule has 2 aromatic rings. The lowest BCUT2D eigenvalue weighted by Gasteiger charge is -2.06. The van der Waals surface area contributed by atoms with Crippen LogP contribution in [0.5, 0.6) is 5.75 Å². The number of benzene rings is 1. The molecule has 0 aliphatic rings. The van der Waals surface area contributed by atoms with Crippen LogP contribution in [0.15, 0.2) is 36.5 Å². The smallest absolute Gasteiger partial charge is 0.230 e. The van der Waals surface area contributed by atoms with E-state index in [-0.39, 0.29) is 18.0 Å². The van der Waals surface area contributed by atoms with Crippen molar-refractivity contribution in [2.45, 2.75) is 6.42 Å². The second kappa shape index (κ2) is 5.34. The number of hydrogen-bond donors (Lipinski definition) is 3. The van der Waals surface area contributed by atoms with Crippen LogP contribution < -0.4 is 11.1 Å². The molecule has 0 bridgehead atoms. The standard InChI is InChI=1S/C13H12FN3O2/c14-11-5-10(3-4-12(11)18)17-13(19)6-9-2-1-8(15)7-16-9/h1-5,7,18H,6,15H2,(H,17,19). The van der Waals surface area contributed by atoms with Gasteiger partial charge in [-0.15, -0.1) is 0 Å². The number of nitrogen functional groups attached to an aromatic ring is 1. The number of pyridine rings is 1. The highest BCUT2D eigenvalue weighted by atomic mass is 19.1. The lowest BCUT2D eigenvalue weighted by molar-refractivity contribution is -0.115. The third kappa shape index (κ3) is 3.41. The third-order valence-electron chi connectivity index (χ3n) is 2.42. The molecule has 19 heavy (non-hydrogen) atoms. The average molecular weight is 261 g/mol. The minimum atomic E-state index is -0.789. The number of nitrogens with one attached hydrogen (secondary N) is 1. The van der Waals surface area contributed by atoms with E-state index in [9.17, 15) is 9.18 Å². The number of hydrogen-bond acceptors (Lipinski definition) is 4. The number of rotatable bonds is 3. The van der Waals surface area contributed by atoms with Gasteiger partial charge in [0.1, 0.15) is 0 Å². The van der Waals surface area contributed by atoms with Crippen molar-refractivity contribution < 1.29 is 14.3 Å². The molecule has 0 aliphatic heterocycles. The third-order valence-corrected chi connectivity index (χ3v) is 2.42. The zero-order valence-corrected chi connectivity index (χ0v) is 9.93. The van der Waals surface area contributed by atoms with E-state index in [1.807, 2.05) is 0 Å². The maximum Gasteiger partial charge on any atom is 0.230 e. The second-order valence-corrected chi connectivity index (χ2v) is 3.97. The van der Waals surface area contributed by atoms with E-state index in [0.717, 1.165) is 6.07 Å². The number of anilines is 2. The summed E-state index contributed by atoms with van der Waals surface area (Å²) in [6.45, 7) is 0. The van der Waals surface area contributed by atoms with Crippen LogP contribution in [-0.2, 0) is 11.2 Å². The number of nitrogens with two attached hydrogens (primary N) is 1. The Labute approximate surface area is 108 Å². The first kappa shape index (κ1) is 12.8. The van der Waals surface area contributed by atoms with E-state index in [2.05, 4.69) is 10.3 Å². The number of nitrogens with zero attached hydrogens (tertiary/aromatic N) is 1. The van der Waals surface area contributed by atoms with E-state index in [1.54, 1.807) is 12.1 Å². The highest BCUT2D eigenvalue weighted by Gasteiger charge is 2.07. The van der Waals surface area contributed by atoms with Crippen LogP contribution in [0, 0.1) is 5.82 Å². The topological polar surface area (TPSA) is 88.2 Å². The molecule has 98 valence electrons. The van der Waals surface area contributed by atoms with Crippen LogP contribution in [0.1, 0.15) is 5.69 Å². The van der Waals surface area contributed by atoms with Gasteiger partial charge in [0.25, 0.3) is 0 Å². The Morgan fingerprint density at radius 1 is 1.37 bits per heavy atom. The van der Waals surface area contributed by atoms with Crippen LogP contribution in [0.4, 0.5) is 15.8 Å². The van der Waals surface area contributed by atoms with E-state index in [1.165, 1.54) is 18.3 Å². The van der Waals surface area contributed by atoms with Crippen molar-refractivity contribution in [3.8, 4) is 5.75 Å². The van der Waals surface area contributed by atoms with Crippen molar-refractivity contribution >= 4 is 17.3 Å². The van der Waals surface area contributed by atoms with Crippen LogP contribution in [0.3, 0.4) is 0 Å². The SMILES string of the molecule is Nc1ccc(CC(=O)Nc2ccc(O)c(F)c2)nc1. The quantitative estimate of drug-likeness (QED) is 0.733. The first-order valence-corrected chi connectivity index (χ1v) is 5.53. The van der Waals surface area contributed by atoms with Crippen molar-refractivity contribution in [2.24, 2.45) is 0 Å². The summed E-state index contributed by atoms with van der Waals surface area (Å²) < 4.78 is 13.1. The second-order valence-electron chi connectivity index (χ2n) is 3.97. The van der Waals surface area contributed by atoms with Crippen molar-refractivity contribution in [1.82, 2.24) is 4.98 Å². The van der Waals surface area contributed by atoms with Gasteiger partial charge in [0.15, 0.2) is 11.6 Å². The molecule has 1 heterocycles. The highest BCUT2D eigenvalue weighted by Crippen LogP contribution is 2.19. The van der Waals surface area contributed by atoms with Crippen LogP contribution in [0.25, 0.3) is 0 Å². The van der Waals surface area contributed by atoms with E-state index in [4.69, 9.17) is 10.8 Å². The minimum Gasteiger partial charge on any atom is -0.505 e. The fraction of sp³-hybridized carbons (Fsp3) is 0.0769. The number of halogens is 1. The number of amides is 1. The van der Waals surface area contributed by atoms with Crippen molar-refractivity contribution in [3.63, 3.8) is 0 Å². The monoisotopic (exact) mass is 261 g/mol. The Bertz CT molecular complexity index is 599. The van der Waals surface area contributed by atoms with E-state index >= 15 is 0 Å². The molecule has 2 rings (SSSR count). The van der Waals surface area contributed by atoms with Crippen molar-refractivity contribution in [3.05, 3.63) is 48.0 Å². The summed E-state index contributed by atoms with van der Waals surface area (Å²) in [4.78, 5) is 15.7. The van der Waals surface area contributed by atoms with Gasteiger partial charge in [-0.3, -0.25) is 9.78 Å². The summed E-state index contributed by atoms with van der Waals surface area (Å²) in [6, 6.07) is 6.92. The molecule has 1 aromatic heterocycles. The van der Waals surface area contributed by atoms with Gasteiger partial charge in [-0.25, -0.2) is 4.39 Å². The van der Waals surface area contributed by atoms with E-state index in [0.29, 0.717) is 11.4 Å². The molecule has 0 aliphatic carbocycles. The van der Waals surface area contributed by atoms with Crippen molar-refractivity contribution in [1.29, 1.82) is 0 Å². The summed E-state index contributed by atoms with van der Waals surface area (Å²) in [5.74, 6) is -1.58. The van der Waals surface area contributed by atoms with Crippen LogP contribution >= 0.6 is 0 Å². The largest absolute Gasteiger partial charge is 0.505 e. The zero-order chi connectivity index (χ0) is 13.8. The molecule has 0 spiro atoms. The Hall–Kier alpha value is -2.63. The Balaban J connectivity index is 2.01. The normalized spacial score (nSPS) is 10.2. The number of phenolic OH excluding ortho intramolecular Hbond substituents is 1. The molecule has 1 amide bonds. The van der Waals surface area contributed by atoms with Gasteiger partial charge >= 0.3 is 0 Å². The lowest BCUT2D eigenvalue weighted by Crippen LogP contribution is -2.15. The highest BCUT2D eigenvalue weighted by molar-refractivity contribution is 5.92. The van der Waals surface area contributed by atoms with Crippen LogP contribution in [-0.4, -0.2) is 16.0 Å². The molecule has 4 N–H and O–H groups in total. The molecule has 0 fully saturated rings. The number of phenols is 1. The fourth-order valence-electron chi connectivity index (χ4n) is 1.49. The lowest BCUT2D eigenvalue weighted by atomic mass is 10.2. The van der Waals surface area contributed by atoms with Gasteiger partial charge in [0.05, 0.1) is 18.3 Å². The van der Waals surface area contributed by atoms with Gasteiger partial charge in [-0.1, -0.05) is 0 Å². The van der Waals surface area contributed by atoms with Gasteiger partial charge in [-0.05, 0) is 24.3 Å². The molecule has 5 nitrogen and oxygen atoms in total. The molecule has 0 saturated carbocycles. The Kier molecular flexibility index (Phi) is 3.61. The predicted octanol–water partition coefficient (Wildman–Crippen LogP) is 1.69. The van der Waals surface area contributed by atoms with Crippen molar-refractivity contribution in [2.75, 3.05) is 11.1 Å². The molecule has 0 unspecified atom stereocenters. The van der Waals surface area contributed by atoms with Crippen LogP contribution in [0.2, 0.25) is 0 Å². The molecule has 0 saturated heterocycles. The van der Waals surface area contributed by atoms with E-state index < -0.39 is 11.6 Å². The Morgan fingerprint density at radius 3 is 2.79 bits per heavy atom. The summed E-state index contributed by atoms with van der Waals surface area (Å²) in [5, 5.41) is 11.5. The molecular weight excluding hydrogens is 249 g/mol. The maximum absolute atomic E-state index is 13.1. The molecule has 6 heteroatoms. The number of carbonyl (C=O) groups is 1. The molecular formula is C13H12FN3O2. The maximum atomic E-state index is 13.1. The van der Waals surface area contributed by atoms with Gasteiger partial charge < -0.3 is 16.2 Å². The molecule has 1 aromatic carbocycles. The Morgan fingerprint density at radius 2 is 2.16 bits per heavy atom. The summed E-state index contributed by atoms with van der Waals surface area (Å²) in [6.07, 6.45) is 1.52. The summed E-state index contributed by atoms with van der Waals surface area (Å²) >= 11 is 0. The first-order valence-electron chi connectivity index (χ1n) is 5.53. The average Bonchev–Trinajstić information content (AvgIpc) is 2.37. The number of aromatic nitrogens is 1. The van der Waals surface area contributed by atoms with Gasteiger partial charge in [0.2, 0.25) is 5.91 Å². The van der Waals surface area contributed by atoms with Gasteiger partial charge in [0, 0.05) is 17.4 Å². The molecule has 0 atom stereocenters. The fourth-order valence-corrected chi connectivity index (χ4v) is 1.49.